The Labute approximate surface area is 205 Å². The van der Waals surface area contributed by atoms with Crippen molar-refractivity contribution in [2.24, 2.45) is 4.99 Å². The van der Waals surface area contributed by atoms with Crippen LogP contribution >= 0.6 is 0 Å². The second kappa shape index (κ2) is 11.5. The number of carboxylic acid groups (broad SMARTS) is 1. The Morgan fingerprint density at radius 1 is 1.26 bits per heavy atom. The van der Waals surface area contributed by atoms with Gasteiger partial charge in [0.2, 0.25) is 5.60 Å². The molecular formula is C28H30FNO5. The summed E-state index contributed by atoms with van der Waals surface area (Å²) in [5.41, 5.74) is 1.91. The number of benzene rings is 2. The quantitative estimate of drug-likeness (QED) is 0.407. The van der Waals surface area contributed by atoms with Gasteiger partial charge >= 0.3 is 5.97 Å². The topological polar surface area (TPSA) is 77.4 Å². The maximum absolute atomic E-state index is 13.5. The van der Waals surface area contributed by atoms with E-state index in [0.29, 0.717) is 25.4 Å². The van der Waals surface area contributed by atoms with Gasteiger partial charge in [0, 0.05) is 18.9 Å². The predicted octanol–water partition coefficient (Wildman–Crippen LogP) is 5.89. The smallest absolute Gasteiger partial charge is 0.348 e. The lowest BCUT2D eigenvalue weighted by atomic mass is 9.96. The molecular weight excluding hydrogens is 449 g/mol. The van der Waals surface area contributed by atoms with Crippen molar-refractivity contribution < 1.29 is 28.5 Å². The van der Waals surface area contributed by atoms with E-state index in [9.17, 15) is 14.3 Å². The van der Waals surface area contributed by atoms with Crippen LogP contribution in [0.1, 0.15) is 32.8 Å². The Morgan fingerprint density at radius 3 is 2.66 bits per heavy atom. The summed E-state index contributed by atoms with van der Waals surface area (Å²) in [7, 11) is 0. The van der Waals surface area contributed by atoms with Crippen molar-refractivity contribution in [2.45, 2.75) is 39.2 Å². The summed E-state index contributed by atoms with van der Waals surface area (Å²) in [6, 6.07) is 12.6. The summed E-state index contributed by atoms with van der Waals surface area (Å²) < 4.78 is 30.7. The first kappa shape index (κ1) is 25.7. The van der Waals surface area contributed by atoms with Crippen molar-refractivity contribution in [3.63, 3.8) is 0 Å². The van der Waals surface area contributed by atoms with Crippen LogP contribution in [0.15, 0.2) is 89.3 Å². The SMILES string of the molecule is C=C/C=C(\C)C1=NC(CCOc2ccc(CC(C)(Oc3cccc(F)c3)C(=O)O)cc2)=C(C)OC1. The number of ether oxygens (including phenoxy) is 3. The fourth-order valence-corrected chi connectivity index (χ4v) is 3.55. The lowest BCUT2D eigenvalue weighted by Crippen LogP contribution is -2.43. The van der Waals surface area contributed by atoms with Crippen LogP contribution in [0, 0.1) is 5.82 Å². The van der Waals surface area contributed by atoms with Gasteiger partial charge in [-0.15, -0.1) is 0 Å². The van der Waals surface area contributed by atoms with Gasteiger partial charge in [-0.05, 0) is 56.2 Å². The number of nitrogens with zero attached hydrogens (tertiary/aromatic N) is 1. The van der Waals surface area contributed by atoms with Gasteiger partial charge in [-0.2, -0.15) is 0 Å². The van der Waals surface area contributed by atoms with Gasteiger partial charge in [-0.1, -0.05) is 36.9 Å². The molecule has 1 heterocycles. The first-order valence-electron chi connectivity index (χ1n) is 11.3. The van der Waals surface area contributed by atoms with Crippen LogP contribution in [-0.4, -0.2) is 35.6 Å². The molecule has 0 saturated heterocycles. The van der Waals surface area contributed by atoms with E-state index in [-0.39, 0.29) is 12.2 Å². The largest absolute Gasteiger partial charge is 0.493 e. The van der Waals surface area contributed by atoms with Gasteiger partial charge in [0.15, 0.2) is 0 Å². The minimum atomic E-state index is -1.56. The van der Waals surface area contributed by atoms with Crippen LogP contribution in [0.5, 0.6) is 11.5 Å². The van der Waals surface area contributed by atoms with E-state index >= 15 is 0 Å². The Hall–Kier alpha value is -3.87. The van der Waals surface area contributed by atoms with Gasteiger partial charge in [0.05, 0.1) is 18.0 Å². The van der Waals surface area contributed by atoms with Crippen LogP contribution in [0.3, 0.4) is 0 Å². The predicted molar refractivity (Wildman–Crippen MR) is 133 cm³/mol. The second-order valence-corrected chi connectivity index (χ2v) is 8.45. The van der Waals surface area contributed by atoms with Crippen LogP contribution in [0.25, 0.3) is 0 Å². The molecule has 35 heavy (non-hydrogen) atoms. The molecule has 1 aliphatic rings. The lowest BCUT2D eigenvalue weighted by molar-refractivity contribution is -0.153. The molecule has 0 spiro atoms. The number of hydrogen-bond acceptors (Lipinski definition) is 5. The molecule has 184 valence electrons. The molecule has 2 aromatic rings. The Kier molecular flexibility index (Phi) is 8.47. The van der Waals surface area contributed by atoms with E-state index in [1.807, 2.05) is 19.9 Å². The van der Waals surface area contributed by atoms with Crippen molar-refractivity contribution in [3.05, 3.63) is 95.7 Å². The van der Waals surface area contributed by atoms with E-state index in [1.165, 1.54) is 25.1 Å². The number of allylic oxidation sites excluding steroid dienone is 3. The van der Waals surface area contributed by atoms with Crippen molar-refractivity contribution >= 4 is 11.7 Å². The van der Waals surface area contributed by atoms with E-state index in [1.54, 1.807) is 30.3 Å². The number of rotatable bonds is 11. The Balaban J connectivity index is 1.60. The van der Waals surface area contributed by atoms with Gasteiger partial charge in [-0.25, -0.2) is 9.18 Å². The minimum Gasteiger partial charge on any atom is -0.493 e. The van der Waals surface area contributed by atoms with Crippen molar-refractivity contribution in [3.8, 4) is 11.5 Å². The Morgan fingerprint density at radius 2 is 2.00 bits per heavy atom. The van der Waals surface area contributed by atoms with Crippen LogP contribution < -0.4 is 9.47 Å². The zero-order valence-corrected chi connectivity index (χ0v) is 20.2. The highest BCUT2D eigenvalue weighted by Crippen LogP contribution is 2.25. The molecule has 0 fully saturated rings. The lowest BCUT2D eigenvalue weighted by Gasteiger charge is -2.26. The van der Waals surface area contributed by atoms with Crippen molar-refractivity contribution in [1.29, 1.82) is 0 Å². The highest BCUT2D eigenvalue weighted by atomic mass is 19.1. The first-order chi connectivity index (χ1) is 16.7. The maximum atomic E-state index is 13.5. The summed E-state index contributed by atoms with van der Waals surface area (Å²) >= 11 is 0. The second-order valence-electron chi connectivity index (χ2n) is 8.45. The third kappa shape index (κ3) is 7.06. The molecule has 0 aliphatic carbocycles. The van der Waals surface area contributed by atoms with E-state index in [4.69, 9.17) is 19.2 Å². The standard InChI is InChI=1S/C28H30FNO5/c1-5-7-19(2)26-18-34-20(3)25(30-26)14-15-33-23-12-10-21(11-13-23)17-28(4,27(31)32)35-24-9-6-8-22(29)16-24/h5-13,16H,1,14-15,17-18H2,2-4H3,(H,31,32)/b19-7+. The van der Waals surface area contributed by atoms with Gasteiger partial charge in [-0.3, -0.25) is 4.99 Å². The molecule has 0 aromatic heterocycles. The highest BCUT2D eigenvalue weighted by molar-refractivity contribution is 6.02. The van der Waals surface area contributed by atoms with Gasteiger partial charge in [0.1, 0.15) is 29.7 Å². The normalized spacial score (nSPS) is 15.5. The molecule has 1 atom stereocenters. The molecule has 2 aromatic carbocycles. The average Bonchev–Trinajstić information content (AvgIpc) is 2.81. The molecule has 3 rings (SSSR count). The van der Waals surface area contributed by atoms with Gasteiger partial charge in [0.25, 0.3) is 0 Å². The van der Waals surface area contributed by atoms with E-state index in [2.05, 4.69) is 6.58 Å². The number of aliphatic imine (C=N–C) groups is 1. The van der Waals surface area contributed by atoms with Crippen molar-refractivity contribution in [2.75, 3.05) is 13.2 Å². The average molecular weight is 480 g/mol. The summed E-state index contributed by atoms with van der Waals surface area (Å²) in [6.07, 6.45) is 4.30. The van der Waals surface area contributed by atoms with Gasteiger partial charge < -0.3 is 19.3 Å². The molecule has 0 amide bonds. The number of aliphatic carboxylic acids is 1. The monoisotopic (exact) mass is 479 g/mol. The van der Waals surface area contributed by atoms with Crippen LogP contribution in [-0.2, 0) is 16.0 Å². The third-order valence-corrected chi connectivity index (χ3v) is 5.59. The molecule has 1 N–H and O–H groups in total. The fourth-order valence-electron chi connectivity index (χ4n) is 3.55. The fraction of sp³-hybridized carbons (Fsp3) is 0.286. The molecule has 1 aliphatic heterocycles. The summed E-state index contributed by atoms with van der Waals surface area (Å²) in [5.74, 6) is -0.0393. The summed E-state index contributed by atoms with van der Waals surface area (Å²) in [5, 5.41) is 9.75. The summed E-state index contributed by atoms with van der Waals surface area (Å²) in [6.45, 7) is 9.89. The number of carbonyl (C=O) groups is 1. The number of hydrogen-bond donors (Lipinski definition) is 1. The summed E-state index contributed by atoms with van der Waals surface area (Å²) in [4.78, 5) is 16.6. The van der Waals surface area contributed by atoms with Crippen molar-refractivity contribution in [1.82, 2.24) is 0 Å². The molecule has 0 radical (unpaired) electrons. The van der Waals surface area contributed by atoms with Crippen LogP contribution in [0.4, 0.5) is 4.39 Å². The number of halogens is 1. The molecule has 6 nitrogen and oxygen atoms in total. The number of carboxylic acids is 1. The van der Waals surface area contributed by atoms with E-state index < -0.39 is 17.4 Å². The molecule has 0 saturated carbocycles. The first-order valence-corrected chi connectivity index (χ1v) is 11.3. The molecule has 0 bridgehead atoms. The zero-order chi connectivity index (χ0) is 25.4. The third-order valence-electron chi connectivity index (χ3n) is 5.59. The maximum Gasteiger partial charge on any atom is 0.348 e. The van der Waals surface area contributed by atoms with E-state index in [0.717, 1.165) is 34.4 Å². The molecule has 7 heteroatoms. The minimum absolute atomic E-state index is 0.0949. The zero-order valence-electron chi connectivity index (χ0n) is 20.2. The Bertz CT molecular complexity index is 1170. The van der Waals surface area contributed by atoms with Crippen LogP contribution in [0.2, 0.25) is 0 Å². The molecule has 1 unspecified atom stereocenters. The highest BCUT2D eigenvalue weighted by Gasteiger charge is 2.36.